The lowest BCUT2D eigenvalue weighted by atomic mass is 10.0. The maximum absolute atomic E-state index is 13.5. The molecule has 2 aromatic carbocycles. The van der Waals surface area contributed by atoms with Crippen molar-refractivity contribution in [1.29, 1.82) is 0 Å². The van der Waals surface area contributed by atoms with E-state index in [4.69, 9.17) is 14.2 Å². The van der Waals surface area contributed by atoms with Crippen LogP contribution in [-0.2, 0) is 0 Å². The zero-order chi connectivity index (χ0) is 28.5. The summed E-state index contributed by atoms with van der Waals surface area (Å²) < 4.78 is 32.1. The molecule has 6 rings (SSSR count). The van der Waals surface area contributed by atoms with Gasteiger partial charge in [0, 0.05) is 41.6 Å². The third-order valence-electron chi connectivity index (χ3n) is 6.70. The van der Waals surface area contributed by atoms with Gasteiger partial charge >= 0.3 is 0 Å². The van der Waals surface area contributed by atoms with Crippen LogP contribution in [-0.4, -0.2) is 39.6 Å². The number of pyridine rings is 2. The molecule has 1 saturated carbocycles. The Bertz CT molecular complexity index is 1820. The van der Waals surface area contributed by atoms with Crippen molar-refractivity contribution in [1.82, 2.24) is 19.5 Å². The van der Waals surface area contributed by atoms with Crippen molar-refractivity contribution >= 4 is 22.8 Å². The molecule has 0 bridgehead atoms. The van der Waals surface area contributed by atoms with E-state index < -0.39 is 17.2 Å². The second kappa shape index (κ2) is 10.7. The van der Waals surface area contributed by atoms with Crippen LogP contribution >= 0.6 is 0 Å². The van der Waals surface area contributed by atoms with Crippen molar-refractivity contribution in [2.24, 2.45) is 0 Å². The fourth-order valence-electron chi connectivity index (χ4n) is 4.44. The predicted molar refractivity (Wildman–Crippen MR) is 149 cm³/mol. The van der Waals surface area contributed by atoms with Gasteiger partial charge in [-0.2, -0.15) is 0 Å². The number of nitrogens with one attached hydrogen (secondary N) is 1. The first-order valence-electron chi connectivity index (χ1n) is 12.8. The molecular formula is C30H24FN5O5. The lowest BCUT2D eigenvalue weighted by molar-refractivity contribution is 0.102. The molecule has 0 aliphatic heterocycles. The highest BCUT2D eigenvalue weighted by atomic mass is 19.1. The average molecular weight is 554 g/mol. The zero-order valence-corrected chi connectivity index (χ0v) is 22.1. The van der Waals surface area contributed by atoms with Gasteiger partial charge < -0.3 is 18.8 Å². The number of rotatable bonds is 8. The number of ether oxygens (including phenoxy) is 3. The molecular weight excluding hydrogens is 529 g/mol. The Labute approximate surface area is 233 Å². The summed E-state index contributed by atoms with van der Waals surface area (Å²) in [5.74, 6) is 0.818. The third kappa shape index (κ3) is 5.29. The summed E-state index contributed by atoms with van der Waals surface area (Å²) in [6.45, 7) is 0. The Kier molecular flexibility index (Phi) is 6.76. The molecule has 1 amide bonds. The molecule has 1 aliphatic carbocycles. The van der Waals surface area contributed by atoms with Gasteiger partial charge in [-0.05, 0) is 42.7 Å². The molecule has 5 aromatic rings. The molecule has 11 heteroatoms. The fraction of sp³-hybridized carbons (Fsp3) is 0.167. The quantitative estimate of drug-likeness (QED) is 0.272. The molecule has 0 spiro atoms. The van der Waals surface area contributed by atoms with Gasteiger partial charge in [0.1, 0.15) is 17.1 Å². The van der Waals surface area contributed by atoms with Crippen molar-refractivity contribution in [3.63, 3.8) is 0 Å². The van der Waals surface area contributed by atoms with E-state index in [1.165, 1.54) is 42.9 Å². The van der Waals surface area contributed by atoms with Crippen LogP contribution in [0, 0.1) is 5.82 Å². The molecule has 0 saturated heterocycles. The van der Waals surface area contributed by atoms with E-state index in [1.807, 2.05) is 4.57 Å². The van der Waals surface area contributed by atoms with Crippen LogP contribution in [0.1, 0.15) is 29.2 Å². The first-order chi connectivity index (χ1) is 19.9. The second-order valence-electron chi connectivity index (χ2n) is 9.43. The van der Waals surface area contributed by atoms with Crippen LogP contribution in [0.25, 0.3) is 22.0 Å². The minimum absolute atomic E-state index is 0.00195. The van der Waals surface area contributed by atoms with Crippen LogP contribution in [0.2, 0.25) is 0 Å². The van der Waals surface area contributed by atoms with Crippen LogP contribution in [0.4, 0.5) is 10.3 Å². The fourth-order valence-corrected chi connectivity index (χ4v) is 4.44. The number of methoxy groups -OCH3 is 2. The monoisotopic (exact) mass is 553 g/mol. The van der Waals surface area contributed by atoms with Gasteiger partial charge in [0.05, 0.1) is 32.1 Å². The van der Waals surface area contributed by atoms with Gasteiger partial charge in [-0.25, -0.2) is 14.4 Å². The molecule has 0 unspecified atom stereocenters. The highest BCUT2D eigenvalue weighted by molar-refractivity contribution is 6.03. The normalized spacial score (nSPS) is 12.7. The summed E-state index contributed by atoms with van der Waals surface area (Å²) in [6, 6.07) is 11.0. The molecule has 206 valence electrons. The Morgan fingerprint density at radius 1 is 0.951 bits per heavy atom. The van der Waals surface area contributed by atoms with Crippen LogP contribution in [0.5, 0.6) is 23.0 Å². The number of anilines is 1. The first kappa shape index (κ1) is 25.9. The largest absolute Gasteiger partial charge is 0.493 e. The van der Waals surface area contributed by atoms with Gasteiger partial charge in [0.25, 0.3) is 5.91 Å². The predicted octanol–water partition coefficient (Wildman–Crippen LogP) is 5.39. The topological polar surface area (TPSA) is 117 Å². The number of benzene rings is 2. The summed E-state index contributed by atoms with van der Waals surface area (Å²) in [7, 11) is 3.09. The van der Waals surface area contributed by atoms with Crippen LogP contribution in [0.3, 0.4) is 0 Å². The number of hydrogen-bond donors (Lipinski definition) is 1. The molecule has 1 aliphatic rings. The van der Waals surface area contributed by atoms with E-state index in [9.17, 15) is 14.0 Å². The highest BCUT2D eigenvalue weighted by Gasteiger charge is 2.26. The SMILES string of the molecule is COc1cc2nccc(Oc3cnc(NC(=O)c4cn(C5CC5)cc(-c5ccc(F)cc5)c4=O)nc3)c2cc1OC. The lowest BCUT2D eigenvalue weighted by Gasteiger charge is -2.13. The number of aromatic nitrogens is 4. The number of halogens is 1. The minimum Gasteiger partial charge on any atom is -0.493 e. The Hall–Kier alpha value is -5.32. The first-order valence-corrected chi connectivity index (χ1v) is 12.8. The maximum Gasteiger partial charge on any atom is 0.263 e. The zero-order valence-electron chi connectivity index (χ0n) is 22.1. The Morgan fingerprint density at radius 2 is 1.66 bits per heavy atom. The van der Waals surface area contributed by atoms with E-state index in [2.05, 4.69) is 20.3 Å². The van der Waals surface area contributed by atoms with E-state index >= 15 is 0 Å². The van der Waals surface area contributed by atoms with E-state index in [0.29, 0.717) is 45.0 Å². The Balaban J connectivity index is 1.24. The van der Waals surface area contributed by atoms with Crippen molar-refractivity contribution in [2.45, 2.75) is 18.9 Å². The van der Waals surface area contributed by atoms with Gasteiger partial charge in [-0.1, -0.05) is 12.1 Å². The standard InChI is InChI=1S/C30H24FN5O5/c1-39-26-11-21-24(12-27(26)40-2)32-10-9-25(21)41-20-13-33-30(34-14-20)35-29(38)23-16-36(19-7-8-19)15-22(28(23)37)17-3-5-18(31)6-4-17/h3-6,9-16,19H,7-8H2,1-2H3,(H,33,34,35,38). The average Bonchev–Trinajstić information content (AvgIpc) is 3.84. The molecule has 10 nitrogen and oxygen atoms in total. The summed E-state index contributed by atoms with van der Waals surface area (Å²) in [4.78, 5) is 39.2. The maximum atomic E-state index is 13.5. The van der Waals surface area contributed by atoms with Crippen molar-refractivity contribution < 1.29 is 23.4 Å². The van der Waals surface area contributed by atoms with Gasteiger partial charge in [0.2, 0.25) is 11.4 Å². The third-order valence-corrected chi connectivity index (χ3v) is 6.70. The Morgan fingerprint density at radius 3 is 2.34 bits per heavy atom. The van der Waals surface area contributed by atoms with E-state index in [-0.39, 0.29) is 17.6 Å². The van der Waals surface area contributed by atoms with Crippen molar-refractivity contribution in [3.8, 4) is 34.1 Å². The molecule has 0 atom stereocenters. The lowest BCUT2D eigenvalue weighted by Crippen LogP contribution is -2.25. The summed E-state index contributed by atoms with van der Waals surface area (Å²) >= 11 is 0. The van der Waals surface area contributed by atoms with Gasteiger partial charge in [0.15, 0.2) is 17.2 Å². The number of carbonyl (C=O) groups is 1. The smallest absolute Gasteiger partial charge is 0.263 e. The molecule has 1 N–H and O–H groups in total. The van der Waals surface area contributed by atoms with Crippen LogP contribution < -0.4 is 25.0 Å². The number of fused-ring (bicyclic) bond motifs is 1. The van der Waals surface area contributed by atoms with Crippen molar-refractivity contribution in [2.75, 3.05) is 19.5 Å². The molecule has 41 heavy (non-hydrogen) atoms. The molecule has 3 heterocycles. The van der Waals surface area contributed by atoms with Gasteiger partial charge in [-0.3, -0.25) is 19.9 Å². The number of amides is 1. The molecule has 1 fully saturated rings. The highest BCUT2D eigenvalue weighted by Crippen LogP contribution is 2.37. The van der Waals surface area contributed by atoms with Crippen LogP contribution in [0.15, 0.2) is 78.2 Å². The second-order valence-corrected chi connectivity index (χ2v) is 9.43. The minimum atomic E-state index is -0.650. The number of carbonyl (C=O) groups excluding carboxylic acids is 1. The van der Waals surface area contributed by atoms with Crippen molar-refractivity contribution in [3.05, 3.63) is 95.1 Å². The summed E-state index contributed by atoms with van der Waals surface area (Å²) in [5, 5.41) is 3.28. The summed E-state index contributed by atoms with van der Waals surface area (Å²) in [5.41, 5.74) is 0.952. The number of hydrogen-bond acceptors (Lipinski definition) is 8. The molecule has 0 radical (unpaired) electrons. The summed E-state index contributed by atoms with van der Waals surface area (Å²) in [6.07, 6.45) is 9.57. The van der Waals surface area contributed by atoms with Gasteiger partial charge in [-0.15, -0.1) is 0 Å². The molecule has 3 aromatic heterocycles. The van der Waals surface area contributed by atoms with E-state index in [1.54, 1.807) is 44.8 Å². The van der Waals surface area contributed by atoms with E-state index in [0.717, 1.165) is 12.8 Å². The number of nitrogens with zero attached hydrogens (tertiary/aromatic N) is 4.